The molecule has 0 saturated heterocycles. The normalized spacial score (nSPS) is 8.64. The molecule has 0 unspecified atom stereocenters. The maximum atomic E-state index is 10.9. The topological polar surface area (TPSA) is 66.6 Å². The molecule has 1 aromatic rings. The SMILES string of the molecule is N#CCC(=O)c1ccncn1. The monoisotopic (exact) mass is 147 g/mol. The molecule has 0 aliphatic carbocycles. The average molecular weight is 147 g/mol. The van der Waals surface area contributed by atoms with Crippen molar-refractivity contribution in [3.8, 4) is 6.07 Å². The van der Waals surface area contributed by atoms with Gasteiger partial charge in [-0.15, -0.1) is 0 Å². The number of hydrogen-bond donors (Lipinski definition) is 0. The Morgan fingerprint density at radius 2 is 2.55 bits per heavy atom. The molecule has 4 nitrogen and oxygen atoms in total. The van der Waals surface area contributed by atoms with E-state index < -0.39 is 0 Å². The third kappa shape index (κ3) is 1.83. The van der Waals surface area contributed by atoms with E-state index in [0.717, 1.165) is 0 Å². The maximum Gasteiger partial charge on any atom is 0.195 e. The van der Waals surface area contributed by atoms with Crippen LogP contribution in [0, 0.1) is 11.3 Å². The summed E-state index contributed by atoms with van der Waals surface area (Å²) in [4.78, 5) is 18.3. The largest absolute Gasteiger partial charge is 0.291 e. The molecule has 1 heterocycles. The van der Waals surface area contributed by atoms with Crippen molar-refractivity contribution in [2.45, 2.75) is 6.42 Å². The minimum absolute atomic E-state index is 0.128. The number of ketones is 1. The zero-order chi connectivity index (χ0) is 8.10. The van der Waals surface area contributed by atoms with Gasteiger partial charge < -0.3 is 0 Å². The first-order chi connectivity index (χ1) is 5.34. The first kappa shape index (κ1) is 7.35. The lowest BCUT2D eigenvalue weighted by molar-refractivity contribution is 0.0993. The van der Waals surface area contributed by atoms with Gasteiger partial charge in [-0.25, -0.2) is 9.97 Å². The predicted molar refractivity (Wildman–Crippen MR) is 36.6 cm³/mol. The van der Waals surface area contributed by atoms with E-state index in [9.17, 15) is 4.79 Å². The summed E-state index contributed by atoms with van der Waals surface area (Å²) in [5.74, 6) is -0.269. The van der Waals surface area contributed by atoms with Gasteiger partial charge in [0.2, 0.25) is 0 Å². The van der Waals surface area contributed by atoms with Crippen molar-refractivity contribution in [1.82, 2.24) is 9.97 Å². The van der Waals surface area contributed by atoms with E-state index in [1.54, 1.807) is 6.07 Å². The molecule has 1 rings (SSSR count). The fraction of sp³-hybridized carbons (Fsp3) is 0.143. The van der Waals surface area contributed by atoms with Crippen molar-refractivity contribution in [3.63, 3.8) is 0 Å². The molecule has 0 aromatic carbocycles. The molecule has 11 heavy (non-hydrogen) atoms. The predicted octanol–water partition coefficient (Wildman–Crippen LogP) is 0.573. The van der Waals surface area contributed by atoms with Crippen LogP contribution in [0.15, 0.2) is 18.6 Å². The van der Waals surface area contributed by atoms with E-state index in [1.165, 1.54) is 18.6 Å². The van der Waals surface area contributed by atoms with Gasteiger partial charge in [-0.1, -0.05) is 0 Å². The van der Waals surface area contributed by atoms with E-state index in [4.69, 9.17) is 5.26 Å². The van der Waals surface area contributed by atoms with Gasteiger partial charge in [0.1, 0.15) is 18.4 Å². The number of hydrogen-bond acceptors (Lipinski definition) is 4. The first-order valence-corrected chi connectivity index (χ1v) is 3.01. The zero-order valence-electron chi connectivity index (χ0n) is 5.69. The number of aromatic nitrogens is 2. The van der Waals surface area contributed by atoms with Crippen LogP contribution in [0.2, 0.25) is 0 Å². The molecule has 0 N–H and O–H groups in total. The molecule has 1 aromatic heterocycles. The van der Waals surface area contributed by atoms with Gasteiger partial charge in [-0.05, 0) is 6.07 Å². The Morgan fingerprint density at radius 1 is 1.73 bits per heavy atom. The number of nitrogens with zero attached hydrogens (tertiary/aromatic N) is 3. The van der Waals surface area contributed by atoms with E-state index in [2.05, 4.69) is 9.97 Å². The Morgan fingerprint density at radius 3 is 3.09 bits per heavy atom. The van der Waals surface area contributed by atoms with Gasteiger partial charge in [-0.2, -0.15) is 5.26 Å². The maximum absolute atomic E-state index is 10.9. The molecule has 0 spiro atoms. The molecule has 0 aliphatic heterocycles. The second kappa shape index (κ2) is 3.42. The zero-order valence-corrected chi connectivity index (χ0v) is 5.69. The summed E-state index contributed by atoms with van der Waals surface area (Å²) >= 11 is 0. The smallest absolute Gasteiger partial charge is 0.195 e. The Hall–Kier alpha value is -1.76. The van der Waals surface area contributed by atoms with Crippen LogP contribution in [0.25, 0.3) is 0 Å². The number of carbonyl (C=O) groups is 1. The molecule has 0 fully saturated rings. The highest BCUT2D eigenvalue weighted by atomic mass is 16.1. The van der Waals surface area contributed by atoms with Crippen LogP contribution in [-0.4, -0.2) is 15.8 Å². The number of nitriles is 1. The Kier molecular flexibility index (Phi) is 2.28. The van der Waals surface area contributed by atoms with E-state index >= 15 is 0 Å². The molecule has 0 atom stereocenters. The van der Waals surface area contributed by atoms with Crippen molar-refractivity contribution >= 4 is 5.78 Å². The summed E-state index contributed by atoms with van der Waals surface area (Å²) in [5.41, 5.74) is 0.293. The fourth-order valence-corrected chi connectivity index (χ4v) is 0.618. The molecule has 0 radical (unpaired) electrons. The Bertz CT molecular complexity index is 288. The summed E-state index contributed by atoms with van der Waals surface area (Å²) in [7, 11) is 0. The van der Waals surface area contributed by atoms with Crippen molar-refractivity contribution in [2.75, 3.05) is 0 Å². The van der Waals surface area contributed by atoms with Gasteiger partial charge >= 0.3 is 0 Å². The van der Waals surface area contributed by atoms with Crippen LogP contribution in [0.1, 0.15) is 16.9 Å². The summed E-state index contributed by atoms with van der Waals surface area (Å²) in [6, 6.07) is 3.24. The summed E-state index contributed by atoms with van der Waals surface area (Å²) in [5, 5.41) is 8.18. The summed E-state index contributed by atoms with van der Waals surface area (Å²) in [6.07, 6.45) is 2.62. The van der Waals surface area contributed by atoms with E-state index in [-0.39, 0.29) is 12.2 Å². The molecular formula is C7H5N3O. The van der Waals surface area contributed by atoms with Crippen molar-refractivity contribution in [2.24, 2.45) is 0 Å². The summed E-state index contributed by atoms with van der Waals surface area (Å²) in [6.45, 7) is 0. The molecule has 0 aliphatic rings. The Labute approximate surface area is 63.5 Å². The van der Waals surface area contributed by atoms with Gasteiger partial charge in [0.25, 0.3) is 0 Å². The lowest BCUT2D eigenvalue weighted by Crippen LogP contribution is -2.00. The highest BCUT2D eigenvalue weighted by Crippen LogP contribution is 1.95. The lowest BCUT2D eigenvalue weighted by Gasteiger charge is -1.90. The van der Waals surface area contributed by atoms with Gasteiger partial charge in [-0.3, -0.25) is 4.79 Å². The molecule has 54 valence electrons. The van der Waals surface area contributed by atoms with Crippen LogP contribution in [0.3, 0.4) is 0 Å². The average Bonchev–Trinajstić information content (AvgIpc) is 2.07. The number of rotatable bonds is 2. The second-order valence-electron chi connectivity index (χ2n) is 1.85. The van der Waals surface area contributed by atoms with E-state index in [1.807, 2.05) is 0 Å². The van der Waals surface area contributed by atoms with Gasteiger partial charge in [0.05, 0.1) is 6.07 Å². The number of Topliss-reactive ketones (excluding diaryl/α,β-unsaturated/α-hetero) is 1. The molecule has 4 heteroatoms. The molecular weight excluding hydrogens is 142 g/mol. The molecule has 0 amide bonds. The van der Waals surface area contributed by atoms with Crippen LogP contribution in [0.5, 0.6) is 0 Å². The molecule has 0 saturated carbocycles. The quantitative estimate of drug-likeness (QED) is 0.573. The fourth-order valence-electron chi connectivity index (χ4n) is 0.618. The standard InChI is InChI=1S/C7H5N3O/c8-3-1-7(11)6-2-4-9-5-10-6/h2,4-5H,1H2. The van der Waals surface area contributed by atoms with Crippen molar-refractivity contribution in [1.29, 1.82) is 5.26 Å². The van der Waals surface area contributed by atoms with Gasteiger partial charge in [0.15, 0.2) is 5.78 Å². The highest BCUT2D eigenvalue weighted by molar-refractivity contribution is 5.95. The third-order valence-corrected chi connectivity index (χ3v) is 1.11. The minimum Gasteiger partial charge on any atom is -0.291 e. The minimum atomic E-state index is -0.269. The Balaban J connectivity index is 2.79. The van der Waals surface area contributed by atoms with Gasteiger partial charge in [0, 0.05) is 6.20 Å². The summed E-state index contributed by atoms with van der Waals surface area (Å²) < 4.78 is 0. The van der Waals surface area contributed by atoms with Crippen LogP contribution >= 0.6 is 0 Å². The second-order valence-corrected chi connectivity index (χ2v) is 1.85. The third-order valence-electron chi connectivity index (χ3n) is 1.11. The lowest BCUT2D eigenvalue weighted by atomic mass is 10.2. The first-order valence-electron chi connectivity index (χ1n) is 3.01. The van der Waals surface area contributed by atoms with Crippen LogP contribution in [-0.2, 0) is 0 Å². The van der Waals surface area contributed by atoms with Crippen molar-refractivity contribution < 1.29 is 4.79 Å². The van der Waals surface area contributed by atoms with Crippen molar-refractivity contribution in [3.05, 3.63) is 24.3 Å². The van der Waals surface area contributed by atoms with Crippen LogP contribution in [0.4, 0.5) is 0 Å². The highest BCUT2D eigenvalue weighted by Gasteiger charge is 2.04. The molecule has 0 bridgehead atoms. The van der Waals surface area contributed by atoms with E-state index in [0.29, 0.717) is 5.69 Å². The van der Waals surface area contributed by atoms with Crippen LogP contribution < -0.4 is 0 Å². The number of carbonyl (C=O) groups excluding carboxylic acids is 1.